The number of sulfonamides is 1. The molecular formula is C28H25N3O4S. The molecule has 2 heterocycles. The van der Waals surface area contributed by atoms with Gasteiger partial charge in [0, 0.05) is 24.2 Å². The number of hydrogen-bond donors (Lipinski definition) is 1. The van der Waals surface area contributed by atoms with Crippen molar-refractivity contribution >= 4 is 43.8 Å². The summed E-state index contributed by atoms with van der Waals surface area (Å²) in [5.74, 6) is -0.622. The van der Waals surface area contributed by atoms with Crippen molar-refractivity contribution in [2.24, 2.45) is 5.14 Å². The Bertz CT molecular complexity index is 1580. The van der Waals surface area contributed by atoms with Crippen LogP contribution < -0.4 is 14.9 Å². The zero-order chi connectivity index (χ0) is 24.9. The van der Waals surface area contributed by atoms with E-state index >= 15 is 0 Å². The van der Waals surface area contributed by atoms with E-state index in [0.29, 0.717) is 0 Å². The number of nitrogens with two attached hydrogens (primary N) is 1. The molecule has 36 heavy (non-hydrogen) atoms. The van der Waals surface area contributed by atoms with Crippen LogP contribution in [0, 0.1) is 0 Å². The van der Waals surface area contributed by atoms with Crippen LogP contribution in [0.25, 0.3) is 10.8 Å². The second-order valence-corrected chi connectivity index (χ2v) is 10.6. The molecule has 2 aliphatic heterocycles. The molecule has 1 fully saturated rings. The minimum absolute atomic E-state index is 0.0203. The fraction of sp³-hybridized carbons (Fsp3) is 0.179. The van der Waals surface area contributed by atoms with Gasteiger partial charge < -0.3 is 9.64 Å². The summed E-state index contributed by atoms with van der Waals surface area (Å²) in [6, 6.07) is 26.4. The minimum Gasteiger partial charge on any atom is -0.378 e. The Kier molecular flexibility index (Phi) is 5.52. The number of nitrogens with zero attached hydrogens (tertiary/aromatic N) is 2. The zero-order valence-corrected chi connectivity index (χ0v) is 20.3. The lowest BCUT2D eigenvalue weighted by molar-refractivity contribution is -0.117. The van der Waals surface area contributed by atoms with E-state index in [1.54, 1.807) is 17.0 Å². The molecule has 2 N–H and O–H groups in total. The van der Waals surface area contributed by atoms with Gasteiger partial charge in [-0.25, -0.2) is 13.6 Å². The van der Waals surface area contributed by atoms with E-state index in [-0.39, 0.29) is 10.8 Å². The number of morpholine rings is 1. The monoisotopic (exact) mass is 499 g/mol. The second-order valence-electron chi connectivity index (χ2n) is 9.06. The van der Waals surface area contributed by atoms with Gasteiger partial charge in [-0.3, -0.25) is 9.69 Å². The van der Waals surface area contributed by atoms with Gasteiger partial charge in [-0.2, -0.15) is 0 Å². The minimum atomic E-state index is -3.81. The normalized spacial score (nSPS) is 18.0. The number of hydrogen-bond acceptors (Lipinski definition) is 5. The van der Waals surface area contributed by atoms with Crippen molar-refractivity contribution in [1.82, 2.24) is 0 Å². The fourth-order valence-electron chi connectivity index (χ4n) is 5.20. The fourth-order valence-corrected chi connectivity index (χ4v) is 5.72. The molecular weight excluding hydrogens is 474 g/mol. The van der Waals surface area contributed by atoms with Crippen LogP contribution in [0.1, 0.15) is 17.0 Å². The Morgan fingerprint density at radius 3 is 2.31 bits per heavy atom. The summed E-state index contributed by atoms with van der Waals surface area (Å²) in [4.78, 5) is 18.1. The highest BCUT2D eigenvalue weighted by atomic mass is 32.2. The van der Waals surface area contributed by atoms with Gasteiger partial charge in [-0.05, 0) is 52.9 Å². The smallest absolute Gasteiger partial charge is 0.243 e. The molecule has 1 saturated heterocycles. The molecule has 6 rings (SSSR count). The topological polar surface area (TPSA) is 92.9 Å². The molecule has 182 valence electrons. The van der Waals surface area contributed by atoms with E-state index in [2.05, 4.69) is 29.2 Å². The van der Waals surface area contributed by atoms with E-state index in [1.165, 1.54) is 12.1 Å². The first-order chi connectivity index (χ1) is 17.4. The number of rotatable bonds is 4. The van der Waals surface area contributed by atoms with Crippen molar-refractivity contribution in [3.8, 4) is 0 Å². The molecule has 0 spiro atoms. The van der Waals surface area contributed by atoms with Gasteiger partial charge in [0.15, 0.2) is 0 Å². The Hall–Kier alpha value is -3.72. The molecule has 1 amide bonds. The molecule has 1 unspecified atom stereocenters. The number of carbonyl (C=O) groups is 1. The Morgan fingerprint density at radius 2 is 1.56 bits per heavy atom. The summed E-state index contributed by atoms with van der Waals surface area (Å²) in [5.41, 5.74) is 4.39. The van der Waals surface area contributed by atoms with Gasteiger partial charge in [0.2, 0.25) is 15.9 Å². The quantitative estimate of drug-likeness (QED) is 0.456. The third-order valence-corrected chi connectivity index (χ3v) is 7.89. The number of carbonyl (C=O) groups excluding carboxylic acids is 1. The van der Waals surface area contributed by atoms with Crippen LogP contribution in [0.4, 0.5) is 17.1 Å². The average Bonchev–Trinajstić information content (AvgIpc) is 3.19. The molecule has 0 radical (unpaired) electrons. The number of benzene rings is 4. The number of para-hydroxylation sites is 1. The van der Waals surface area contributed by atoms with Crippen LogP contribution in [0.15, 0.2) is 89.8 Å². The standard InChI is InChI=1S/C28H25N3O4S/c29-36(33,34)22-11-8-19(9-12-22)27-24-5-1-2-6-26(24)31(28(27)32)25-7-3-4-20-18-21(10-13-23(20)25)30-14-16-35-17-15-30/h1-13,18,27H,14-17H2,(H2,29,33,34). The van der Waals surface area contributed by atoms with Crippen molar-refractivity contribution in [2.75, 3.05) is 36.1 Å². The summed E-state index contributed by atoms with van der Waals surface area (Å²) >= 11 is 0. The van der Waals surface area contributed by atoms with Crippen molar-refractivity contribution in [3.05, 3.63) is 96.1 Å². The Morgan fingerprint density at radius 1 is 0.833 bits per heavy atom. The summed E-state index contributed by atoms with van der Waals surface area (Å²) in [6.45, 7) is 3.15. The third kappa shape index (κ3) is 3.83. The lowest BCUT2D eigenvalue weighted by Gasteiger charge is -2.29. The lowest BCUT2D eigenvalue weighted by atomic mass is 9.93. The van der Waals surface area contributed by atoms with Crippen LogP contribution in [0.2, 0.25) is 0 Å². The van der Waals surface area contributed by atoms with E-state index in [9.17, 15) is 13.2 Å². The highest BCUT2D eigenvalue weighted by Crippen LogP contribution is 2.46. The third-order valence-electron chi connectivity index (χ3n) is 6.96. The van der Waals surface area contributed by atoms with Crippen molar-refractivity contribution in [3.63, 3.8) is 0 Å². The number of amides is 1. The largest absolute Gasteiger partial charge is 0.378 e. The van der Waals surface area contributed by atoms with Crippen LogP contribution in [-0.2, 0) is 19.6 Å². The second kappa shape index (κ2) is 8.74. The van der Waals surface area contributed by atoms with Gasteiger partial charge in [0.25, 0.3) is 0 Å². The molecule has 4 aromatic carbocycles. The highest BCUT2D eigenvalue weighted by molar-refractivity contribution is 7.89. The Balaban J connectivity index is 1.43. The van der Waals surface area contributed by atoms with E-state index in [4.69, 9.17) is 9.88 Å². The van der Waals surface area contributed by atoms with Gasteiger partial charge in [0.1, 0.15) is 0 Å². The van der Waals surface area contributed by atoms with Gasteiger partial charge in [-0.15, -0.1) is 0 Å². The van der Waals surface area contributed by atoms with Crippen LogP contribution in [-0.4, -0.2) is 40.6 Å². The summed E-state index contributed by atoms with van der Waals surface area (Å²) in [5, 5.41) is 7.31. The molecule has 2 aliphatic rings. The molecule has 0 aromatic heterocycles. The first-order valence-electron chi connectivity index (χ1n) is 11.8. The SMILES string of the molecule is NS(=O)(=O)c1ccc(C2C(=O)N(c3cccc4cc(N5CCOCC5)ccc34)c3ccccc32)cc1. The maximum Gasteiger partial charge on any atom is 0.243 e. The molecule has 7 nitrogen and oxygen atoms in total. The maximum absolute atomic E-state index is 14.0. The van der Waals surface area contributed by atoms with Crippen molar-refractivity contribution in [1.29, 1.82) is 0 Å². The lowest BCUT2D eigenvalue weighted by Crippen LogP contribution is -2.36. The van der Waals surface area contributed by atoms with E-state index < -0.39 is 15.9 Å². The molecule has 4 aromatic rings. The van der Waals surface area contributed by atoms with Crippen LogP contribution in [0.5, 0.6) is 0 Å². The van der Waals surface area contributed by atoms with E-state index in [0.717, 1.165) is 65.3 Å². The molecule has 1 atom stereocenters. The van der Waals surface area contributed by atoms with Crippen LogP contribution in [0.3, 0.4) is 0 Å². The van der Waals surface area contributed by atoms with Gasteiger partial charge in [-0.1, -0.05) is 48.5 Å². The first-order valence-corrected chi connectivity index (χ1v) is 13.4. The van der Waals surface area contributed by atoms with Crippen molar-refractivity contribution < 1.29 is 17.9 Å². The predicted molar refractivity (Wildman–Crippen MR) is 140 cm³/mol. The van der Waals surface area contributed by atoms with E-state index in [1.807, 2.05) is 36.4 Å². The summed E-state index contributed by atoms with van der Waals surface area (Å²) < 4.78 is 28.9. The molecule has 0 saturated carbocycles. The molecule has 0 aliphatic carbocycles. The molecule has 0 bridgehead atoms. The average molecular weight is 500 g/mol. The molecule has 8 heteroatoms. The summed E-state index contributed by atoms with van der Waals surface area (Å²) in [6.07, 6.45) is 0. The number of primary sulfonamides is 1. The Labute approximate surface area is 209 Å². The highest BCUT2D eigenvalue weighted by Gasteiger charge is 2.39. The predicted octanol–water partition coefficient (Wildman–Crippen LogP) is 4.13. The number of anilines is 3. The first kappa shape index (κ1) is 22.7. The zero-order valence-electron chi connectivity index (χ0n) is 19.5. The number of fused-ring (bicyclic) bond motifs is 2. The van der Waals surface area contributed by atoms with Gasteiger partial charge >= 0.3 is 0 Å². The van der Waals surface area contributed by atoms with Crippen molar-refractivity contribution in [2.45, 2.75) is 10.8 Å². The van der Waals surface area contributed by atoms with Gasteiger partial charge in [0.05, 0.1) is 35.4 Å². The summed E-state index contributed by atoms with van der Waals surface area (Å²) in [7, 11) is -3.81. The maximum atomic E-state index is 14.0. The van der Waals surface area contributed by atoms with Crippen LogP contribution >= 0.6 is 0 Å². The number of ether oxygens (including phenoxy) is 1.